The molecule has 2 aromatic carbocycles. The van der Waals surface area contributed by atoms with Crippen LogP contribution in [0, 0.1) is 10.1 Å². The molecule has 1 heterocycles. The van der Waals surface area contributed by atoms with Crippen LogP contribution in [0.3, 0.4) is 0 Å². The van der Waals surface area contributed by atoms with Crippen LogP contribution in [0.4, 0.5) is 11.4 Å². The number of amides is 1. The van der Waals surface area contributed by atoms with Crippen LogP contribution in [0.5, 0.6) is 0 Å². The summed E-state index contributed by atoms with van der Waals surface area (Å²) in [5.74, 6) is -0.639. The number of nitro benzene ring substituents is 1. The monoisotopic (exact) mass is 380 g/mol. The molecular formula is C20H16N2O6. The molecule has 28 heavy (non-hydrogen) atoms. The molecule has 0 fully saturated rings. The summed E-state index contributed by atoms with van der Waals surface area (Å²) in [5, 5.41) is 13.5. The zero-order valence-corrected chi connectivity index (χ0v) is 14.9. The van der Waals surface area contributed by atoms with Gasteiger partial charge in [0, 0.05) is 23.4 Å². The predicted octanol–water partition coefficient (Wildman–Crippen LogP) is 4.28. The van der Waals surface area contributed by atoms with Crippen LogP contribution in [0.15, 0.2) is 65.1 Å². The number of ether oxygens (including phenoxy) is 1. The number of carbonyl (C=O) groups is 2. The Bertz CT molecular complexity index is 1040. The van der Waals surface area contributed by atoms with E-state index in [1.54, 1.807) is 37.3 Å². The third-order valence-corrected chi connectivity index (χ3v) is 3.80. The Balaban J connectivity index is 1.76. The van der Waals surface area contributed by atoms with E-state index in [9.17, 15) is 19.7 Å². The predicted molar refractivity (Wildman–Crippen MR) is 101 cm³/mol. The molecule has 3 rings (SSSR count). The molecule has 8 heteroatoms. The third kappa shape index (κ3) is 4.24. The maximum atomic E-state index is 12.4. The molecule has 0 atom stereocenters. The highest BCUT2D eigenvalue weighted by Gasteiger charge is 2.15. The lowest BCUT2D eigenvalue weighted by Gasteiger charge is -2.06. The molecule has 0 aliphatic carbocycles. The number of carbonyl (C=O) groups excluding carboxylic acids is 2. The molecule has 1 amide bonds. The fourth-order valence-electron chi connectivity index (χ4n) is 2.52. The number of rotatable bonds is 6. The number of nitrogens with zero attached hydrogens (tertiary/aromatic N) is 1. The molecule has 3 aromatic rings. The van der Waals surface area contributed by atoms with Crippen LogP contribution in [0.25, 0.3) is 11.3 Å². The van der Waals surface area contributed by atoms with Crippen molar-refractivity contribution in [2.75, 3.05) is 11.9 Å². The van der Waals surface area contributed by atoms with Crippen molar-refractivity contribution in [3.8, 4) is 11.3 Å². The van der Waals surface area contributed by atoms with E-state index in [-0.39, 0.29) is 18.1 Å². The van der Waals surface area contributed by atoms with Gasteiger partial charge < -0.3 is 14.5 Å². The lowest BCUT2D eigenvalue weighted by Crippen LogP contribution is -2.12. The summed E-state index contributed by atoms with van der Waals surface area (Å²) in [5.41, 5.74) is 1.13. The summed E-state index contributed by atoms with van der Waals surface area (Å²) >= 11 is 0. The van der Waals surface area contributed by atoms with Gasteiger partial charge in [-0.05, 0) is 37.3 Å². The Morgan fingerprint density at radius 2 is 1.89 bits per heavy atom. The summed E-state index contributed by atoms with van der Waals surface area (Å²) < 4.78 is 10.5. The van der Waals surface area contributed by atoms with Gasteiger partial charge in [-0.1, -0.05) is 18.2 Å². The van der Waals surface area contributed by atoms with Crippen LogP contribution in [-0.4, -0.2) is 23.4 Å². The van der Waals surface area contributed by atoms with Gasteiger partial charge in [0.1, 0.15) is 5.76 Å². The minimum absolute atomic E-state index is 0.0306. The van der Waals surface area contributed by atoms with Gasteiger partial charge in [0.15, 0.2) is 5.76 Å². The molecule has 0 aliphatic rings. The Morgan fingerprint density at radius 1 is 1.11 bits per heavy atom. The second-order valence-electron chi connectivity index (χ2n) is 5.73. The second kappa shape index (κ2) is 8.17. The molecule has 8 nitrogen and oxygen atoms in total. The quantitative estimate of drug-likeness (QED) is 0.388. The van der Waals surface area contributed by atoms with Crippen LogP contribution in [-0.2, 0) is 4.74 Å². The summed E-state index contributed by atoms with van der Waals surface area (Å²) in [4.78, 5) is 34.6. The first-order valence-electron chi connectivity index (χ1n) is 8.41. The SMILES string of the molecule is CCOC(=O)c1cccc(NC(=O)c2ccc(-c3cccc([N+](=O)[O-])c3)o2)c1. The molecule has 1 N–H and O–H groups in total. The first-order chi connectivity index (χ1) is 13.5. The van der Waals surface area contributed by atoms with Crippen LogP contribution >= 0.6 is 0 Å². The van der Waals surface area contributed by atoms with Crippen LogP contribution < -0.4 is 5.32 Å². The highest BCUT2D eigenvalue weighted by molar-refractivity contribution is 6.03. The van der Waals surface area contributed by atoms with Gasteiger partial charge in [-0.2, -0.15) is 0 Å². The van der Waals surface area contributed by atoms with Crippen molar-refractivity contribution in [1.29, 1.82) is 0 Å². The second-order valence-corrected chi connectivity index (χ2v) is 5.73. The fourth-order valence-corrected chi connectivity index (χ4v) is 2.52. The standard InChI is InChI=1S/C20H16N2O6/c1-2-27-20(24)14-6-3-7-15(11-14)21-19(23)18-10-9-17(28-18)13-5-4-8-16(12-13)22(25)26/h3-12H,2H2,1H3,(H,21,23). The molecule has 1 aromatic heterocycles. The zero-order chi connectivity index (χ0) is 20.1. The first-order valence-corrected chi connectivity index (χ1v) is 8.41. The summed E-state index contributed by atoms with van der Waals surface area (Å²) in [6.45, 7) is 1.96. The molecule has 142 valence electrons. The summed E-state index contributed by atoms with van der Waals surface area (Å²) in [6, 6.07) is 15.3. The average Bonchev–Trinajstić information content (AvgIpc) is 3.19. The Labute approximate surface area is 159 Å². The number of benzene rings is 2. The number of esters is 1. The topological polar surface area (TPSA) is 112 Å². The maximum Gasteiger partial charge on any atom is 0.338 e. The molecule has 0 bridgehead atoms. The highest BCUT2D eigenvalue weighted by atomic mass is 16.6. The lowest BCUT2D eigenvalue weighted by molar-refractivity contribution is -0.384. The summed E-state index contributed by atoms with van der Waals surface area (Å²) in [7, 11) is 0. The minimum Gasteiger partial charge on any atom is -0.462 e. The number of hydrogen-bond acceptors (Lipinski definition) is 6. The largest absolute Gasteiger partial charge is 0.462 e. The fraction of sp³-hybridized carbons (Fsp3) is 0.100. The van der Waals surface area contributed by atoms with E-state index < -0.39 is 16.8 Å². The first kappa shape index (κ1) is 18.8. The van der Waals surface area contributed by atoms with E-state index in [2.05, 4.69) is 5.32 Å². The number of nitrogens with one attached hydrogen (secondary N) is 1. The minimum atomic E-state index is -0.516. The van der Waals surface area contributed by atoms with Crippen molar-refractivity contribution in [2.45, 2.75) is 6.92 Å². The van der Waals surface area contributed by atoms with Crippen molar-refractivity contribution in [3.05, 3.63) is 82.1 Å². The number of nitro groups is 1. The van der Waals surface area contributed by atoms with Gasteiger partial charge in [0.2, 0.25) is 0 Å². The van der Waals surface area contributed by atoms with E-state index in [1.165, 1.54) is 30.3 Å². The lowest BCUT2D eigenvalue weighted by atomic mass is 10.1. The normalized spacial score (nSPS) is 10.3. The van der Waals surface area contributed by atoms with Crippen molar-refractivity contribution in [3.63, 3.8) is 0 Å². The maximum absolute atomic E-state index is 12.4. The number of furan rings is 1. The number of non-ortho nitro benzene ring substituents is 1. The Morgan fingerprint density at radius 3 is 2.64 bits per heavy atom. The van der Waals surface area contributed by atoms with Crippen molar-refractivity contribution < 1.29 is 23.7 Å². The average molecular weight is 380 g/mol. The van der Waals surface area contributed by atoms with E-state index in [1.807, 2.05) is 0 Å². The van der Waals surface area contributed by atoms with Gasteiger partial charge in [-0.25, -0.2) is 4.79 Å². The van der Waals surface area contributed by atoms with Gasteiger partial charge >= 0.3 is 5.97 Å². The van der Waals surface area contributed by atoms with E-state index in [4.69, 9.17) is 9.15 Å². The third-order valence-electron chi connectivity index (χ3n) is 3.80. The Hall–Kier alpha value is -3.94. The smallest absolute Gasteiger partial charge is 0.338 e. The van der Waals surface area contributed by atoms with Gasteiger partial charge in [-0.3, -0.25) is 14.9 Å². The van der Waals surface area contributed by atoms with Crippen molar-refractivity contribution >= 4 is 23.3 Å². The zero-order valence-electron chi connectivity index (χ0n) is 14.9. The molecular weight excluding hydrogens is 364 g/mol. The summed E-state index contributed by atoms with van der Waals surface area (Å²) in [6.07, 6.45) is 0. The van der Waals surface area contributed by atoms with Gasteiger partial charge in [0.25, 0.3) is 11.6 Å². The van der Waals surface area contributed by atoms with E-state index in [0.717, 1.165) is 0 Å². The molecule has 0 unspecified atom stereocenters. The van der Waals surface area contributed by atoms with Gasteiger partial charge in [-0.15, -0.1) is 0 Å². The highest BCUT2D eigenvalue weighted by Crippen LogP contribution is 2.26. The molecule has 0 saturated carbocycles. The van der Waals surface area contributed by atoms with Crippen molar-refractivity contribution in [2.24, 2.45) is 0 Å². The molecule has 0 aliphatic heterocycles. The Kier molecular flexibility index (Phi) is 5.50. The van der Waals surface area contributed by atoms with E-state index >= 15 is 0 Å². The van der Waals surface area contributed by atoms with E-state index in [0.29, 0.717) is 22.6 Å². The van der Waals surface area contributed by atoms with Gasteiger partial charge in [0.05, 0.1) is 17.1 Å². The van der Waals surface area contributed by atoms with Crippen LogP contribution in [0.2, 0.25) is 0 Å². The molecule has 0 radical (unpaired) electrons. The number of hydrogen-bond donors (Lipinski definition) is 1. The molecule has 0 spiro atoms. The molecule has 0 saturated heterocycles. The van der Waals surface area contributed by atoms with Crippen LogP contribution in [0.1, 0.15) is 27.8 Å². The number of anilines is 1. The van der Waals surface area contributed by atoms with Crippen molar-refractivity contribution in [1.82, 2.24) is 0 Å².